The lowest BCUT2D eigenvalue weighted by molar-refractivity contribution is -0.384. The van der Waals surface area contributed by atoms with E-state index >= 15 is 0 Å². The van der Waals surface area contributed by atoms with E-state index in [1.807, 2.05) is 32.2 Å². The van der Waals surface area contributed by atoms with Crippen LogP contribution < -0.4 is 10.1 Å². The van der Waals surface area contributed by atoms with Crippen molar-refractivity contribution in [2.45, 2.75) is 13.0 Å². The topological polar surface area (TPSA) is 64.4 Å². The third-order valence-electron chi connectivity index (χ3n) is 3.15. The summed E-state index contributed by atoms with van der Waals surface area (Å²) in [6, 6.07) is 11.9. The lowest BCUT2D eigenvalue weighted by Crippen LogP contribution is -2.13. The molecule has 2 rings (SSSR count). The second kappa shape index (κ2) is 6.69. The minimum atomic E-state index is -0.433. The van der Waals surface area contributed by atoms with Gasteiger partial charge in [0.15, 0.2) is 0 Å². The van der Waals surface area contributed by atoms with Crippen LogP contribution in [0.4, 0.5) is 5.69 Å². The molecule has 0 aliphatic rings. The van der Waals surface area contributed by atoms with E-state index in [1.54, 1.807) is 12.1 Å². The number of rotatable bonds is 5. The normalized spacial score (nSPS) is 12.0. The van der Waals surface area contributed by atoms with E-state index in [9.17, 15) is 10.1 Å². The molecular weight excluding hydrogens is 336 g/mol. The number of benzene rings is 2. The molecule has 2 aromatic rings. The van der Waals surface area contributed by atoms with Gasteiger partial charge in [0, 0.05) is 28.2 Å². The van der Waals surface area contributed by atoms with Gasteiger partial charge in [-0.05, 0) is 44.3 Å². The molecule has 0 aromatic heterocycles. The molecular formula is C15H15BrN2O3. The molecule has 0 aliphatic carbocycles. The molecule has 1 atom stereocenters. The van der Waals surface area contributed by atoms with E-state index in [-0.39, 0.29) is 11.7 Å². The Morgan fingerprint density at radius 1 is 1.24 bits per heavy atom. The molecule has 0 radical (unpaired) electrons. The zero-order chi connectivity index (χ0) is 15.4. The van der Waals surface area contributed by atoms with Crippen molar-refractivity contribution in [2.75, 3.05) is 7.05 Å². The van der Waals surface area contributed by atoms with Gasteiger partial charge in [0.2, 0.25) is 0 Å². The van der Waals surface area contributed by atoms with Gasteiger partial charge < -0.3 is 10.1 Å². The summed E-state index contributed by atoms with van der Waals surface area (Å²) in [4.78, 5) is 10.2. The summed E-state index contributed by atoms with van der Waals surface area (Å²) in [5.41, 5.74) is 1.05. The first kappa shape index (κ1) is 15.5. The molecule has 0 aliphatic heterocycles. The number of nitro groups is 1. The first-order chi connectivity index (χ1) is 10.0. The number of non-ortho nitro benzene ring substituents is 1. The molecule has 6 heteroatoms. The van der Waals surface area contributed by atoms with Gasteiger partial charge in [-0.15, -0.1) is 0 Å². The van der Waals surface area contributed by atoms with Crippen molar-refractivity contribution in [3.63, 3.8) is 0 Å². The molecule has 0 fully saturated rings. The van der Waals surface area contributed by atoms with E-state index in [1.165, 1.54) is 12.1 Å². The summed E-state index contributed by atoms with van der Waals surface area (Å²) in [5, 5.41) is 13.8. The number of hydrogen-bond donors (Lipinski definition) is 1. The minimum absolute atomic E-state index is 0.0435. The SMILES string of the molecule is CNC(C)c1cc(Br)ccc1Oc1ccc([N+](=O)[O-])cc1. The molecule has 0 heterocycles. The Labute approximate surface area is 131 Å². The Morgan fingerprint density at radius 3 is 2.48 bits per heavy atom. The fraction of sp³-hybridized carbons (Fsp3) is 0.200. The van der Waals surface area contributed by atoms with Crippen molar-refractivity contribution in [1.29, 1.82) is 0 Å². The van der Waals surface area contributed by atoms with Crippen LogP contribution in [0.3, 0.4) is 0 Å². The standard InChI is InChI=1S/C15H15BrN2O3/c1-10(17-2)14-9-11(16)3-8-15(14)21-13-6-4-12(5-7-13)18(19)20/h3-10,17H,1-2H3. The monoisotopic (exact) mass is 350 g/mol. The van der Waals surface area contributed by atoms with E-state index in [2.05, 4.69) is 21.2 Å². The number of nitro benzene ring substituents is 1. The number of halogens is 1. The summed E-state index contributed by atoms with van der Waals surface area (Å²) in [5.74, 6) is 1.28. The van der Waals surface area contributed by atoms with E-state index in [4.69, 9.17) is 4.74 Å². The summed E-state index contributed by atoms with van der Waals surface area (Å²) < 4.78 is 6.81. The second-order valence-corrected chi connectivity index (χ2v) is 5.46. The van der Waals surface area contributed by atoms with Gasteiger partial charge in [-0.2, -0.15) is 0 Å². The molecule has 0 saturated carbocycles. The zero-order valence-corrected chi connectivity index (χ0v) is 13.3. The van der Waals surface area contributed by atoms with Crippen molar-refractivity contribution >= 4 is 21.6 Å². The van der Waals surface area contributed by atoms with Crippen molar-refractivity contribution in [2.24, 2.45) is 0 Å². The van der Waals surface area contributed by atoms with Crippen LogP contribution in [0.25, 0.3) is 0 Å². The fourth-order valence-electron chi connectivity index (χ4n) is 1.87. The van der Waals surface area contributed by atoms with Gasteiger partial charge in [0.05, 0.1) is 4.92 Å². The molecule has 0 saturated heterocycles. The average molecular weight is 351 g/mol. The Balaban J connectivity index is 2.28. The van der Waals surface area contributed by atoms with Crippen LogP contribution in [0.5, 0.6) is 11.5 Å². The van der Waals surface area contributed by atoms with Crippen molar-refractivity contribution in [1.82, 2.24) is 5.32 Å². The van der Waals surface area contributed by atoms with Crippen molar-refractivity contribution in [3.05, 3.63) is 62.6 Å². The van der Waals surface area contributed by atoms with Crippen LogP contribution in [0.2, 0.25) is 0 Å². The Kier molecular flexibility index (Phi) is 4.93. The molecule has 0 spiro atoms. The van der Waals surface area contributed by atoms with Crippen molar-refractivity contribution in [3.8, 4) is 11.5 Å². The first-order valence-corrected chi connectivity index (χ1v) is 7.19. The number of nitrogens with one attached hydrogen (secondary N) is 1. The van der Waals surface area contributed by atoms with Gasteiger partial charge in [0.25, 0.3) is 5.69 Å². The molecule has 1 N–H and O–H groups in total. The van der Waals surface area contributed by atoms with Crippen LogP contribution in [-0.2, 0) is 0 Å². The lowest BCUT2D eigenvalue weighted by atomic mass is 10.1. The van der Waals surface area contributed by atoms with Gasteiger partial charge >= 0.3 is 0 Å². The summed E-state index contributed by atoms with van der Waals surface area (Å²) in [7, 11) is 1.88. The molecule has 0 bridgehead atoms. The highest BCUT2D eigenvalue weighted by atomic mass is 79.9. The Bertz CT molecular complexity index is 644. The highest BCUT2D eigenvalue weighted by Gasteiger charge is 2.12. The van der Waals surface area contributed by atoms with Crippen LogP contribution in [-0.4, -0.2) is 12.0 Å². The van der Waals surface area contributed by atoms with Gasteiger partial charge in [0.1, 0.15) is 11.5 Å². The number of hydrogen-bond acceptors (Lipinski definition) is 4. The average Bonchev–Trinajstić information content (AvgIpc) is 2.48. The number of ether oxygens (including phenoxy) is 1. The molecule has 0 amide bonds. The molecule has 110 valence electrons. The Hall–Kier alpha value is -1.92. The maximum Gasteiger partial charge on any atom is 0.269 e. The molecule has 1 unspecified atom stereocenters. The third kappa shape index (κ3) is 3.80. The maximum absolute atomic E-state index is 10.6. The molecule has 21 heavy (non-hydrogen) atoms. The molecule has 5 nitrogen and oxygen atoms in total. The predicted octanol–water partition coefficient (Wildman–Crippen LogP) is 4.43. The smallest absolute Gasteiger partial charge is 0.269 e. The van der Waals surface area contributed by atoms with E-state index in [0.717, 1.165) is 10.0 Å². The van der Waals surface area contributed by atoms with Gasteiger partial charge in [-0.3, -0.25) is 10.1 Å². The van der Waals surface area contributed by atoms with Gasteiger partial charge in [-0.1, -0.05) is 15.9 Å². The highest BCUT2D eigenvalue weighted by Crippen LogP contribution is 2.32. The van der Waals surface area contributed by atoms with Gasteiger partial charge in [-0.25, -0.2) is 0 Å². The summed E-state index contributed by atoms with van der Waals surface area (Å²) in [6.45, 7) is 2.03. The van der Waals surface area contributed by atoms with E-state index in [0.29, 0.717) is 11.5 Å². The minimum Gasteiger partial charge on any atom is -0.457 e. The van der Waals surface area contributed by atoms with E-state index < -0.39 is 4.92 Å². The maximum atomic E-state index is 10.6. The largest absolute Gasteiger partial charge is 0.457 e. The van der Waals surface area contributed by atoms with Crippen LogP contribution in [0, 0.1) is 10.1 Å². The lowest BCUT2D eigenvalue weighted by Gasteiger charge is -2.16. The first-order valence-electron chi connectivity index (χ1n) is 6.40. The Morgan fingerprint density at radius 2 is 1.90 bits per heavy atom. The summed E-state index contributed by atoms with van der Waals surface area (Å²) >= 11 is 3.45. The van der Waals surface area contributed by atoms with Crippen LogP contribution >= 0.6 is 15.9 Å². The summed E-state index contributed by atoms with van der Waals surface area (Å²) in [6.07, 6.45) is 0. The van der Waals surface area contributed by atoms with Crippen LogP contribution in [0.15, 0.2) is 46.9 Å². The highest BCUT2D eigenvalue weighted by molar-refractivity contribution is 9.10. The van der Waals surface area contributed by atoms with Crippen molar-refractivity contribution < 1.29 is 9.66 Å². The predicted molar refractivity (Wildman–Crippen MR) is 84.8 cm³/mol. The fourth-order valence-corrected chi connectivity index (χ4v) is 2.25. The number of nitrogens with zero attached hydrogens (tertiary/aromatic N) is 1. The zero-order valence-electron chi connectivity index (χ0n) is 11.7. The van der Waals surface area contributed by atoms with Crippen LogP contribution in [0.1, 0.15) is 18.5 Å². The third-order valence-corrected chi connectivity index (χ3v) is 3.64. The molecule has 2 aromatic carbocycles. The quantitative estimate of drug-likeness (QED) is 0.639. The second-order valence-electron chi connectivity index (χ2n) is 4.55.